The van der Waals surface area contributed by atoms with Gasteiger partial charge in [-0.15, -0.1) is 0 Å². The molecule has 4 nitrogen and oxygen atoms in total. The first-order chi connectivity index (χ1) is 12.1. The van der Waals surface area contributed by atoms with Crippen LogP contribution >= 0.6 is 0 Å². The van der Waals surface area contributed by atoms with Gasteiger partial charge in [0.2, 0.25) is 0 Å². The van der Waals surface area contributed by atoms with Crippen molar-refractivity contribution in [2.24, 2.45) is 0 Å². The number of aliphatic hydroxyl groups excluding tert-OH is 1. The van der Waals surface area contributed by atoms with Crippen LogP contribution in [0.1, 0.15) is 36.8 Å². The van der Waals surface area contributed by atoms with Crippen molar-refractivity contribution in [2.75, 3.05) is 14.2 Å². The summed E-state index contributed by atoms with van der Waals surface area (Å²) in [6.45, 7) is 0. The summed E-state index contributed by atoms with van der Waals surface area (Å²) in [6.07, 6.45) is 2.79. The Hall–Kier alpha value is -2.04. The molecule has 2 fully saturated rings. The van der Waals surface area contributed by atoms with Crippen LogP contribution in [0.2, 0.25) is 0 Å². The van der Waals surface area contributed by atoms with Crippen LogP contribution < -0.4 is 9.47 Å². The van der Waals surface area contributed by atoms with Gasteiger partial charge in [-0.2, -0.15) is 0 Å². The van der Waals surface area contributed by atoms with Crippen LogP contribution in [0.5, 0.6) is 11.5 Å². The molecule has 0 saturated carbocycles. The van der Waals surface area contributed by atoms with Crippen molar-refractivity contribution >= 4 is 0 Å². The van der Waals surface area contributed by atoms with Crippen molar-refractivity contribution in [3.05, 3.63) is 59.7 Å². The molecule has 25 heavy (non-hydrogen) atoms. The minimum absolute atomic E-state index is 0.328. The Morgan fingerprint density at radius 3 is 1.96 bits per heavy atom. The maximum absolute atomic E-state index is 10.8. The van der Waals surface area contributed by atoms with E-state index in [4.69, 9.17) is 14.2 Å². The second-order valence-electron chi connectivity index (χ2n) is 7.00. The average Bonchev–Trinajstić information content (AvgIpc) is 3.02. The lowest BCUT2D eigenvalue weighted by atomic mass is 9.83. The SMILES string of the molecule is COc1ccc([C@@]23CC[C@H](O)[C@@](c4ccc(OC)cc4)(CC2)O3)cc1. The van der Waals surface area contributed by atoms with Crippen LogP contribution in [0.15, 0.2) is 48.5 Å². The lowest BCUT2D eigenvalue weighted by Gasteiger charge is -2.44. The van der Waals surface area contributed by atoms with Gasteiger partial charge in [-0.3, -0.25) is 0 Å². The van der Waals surface area contributed by atoms with Crippen molar-refractivity contribution in [1.82, 2.24) is 0 Å². The van der Waals surface area contributed by atoms with Gasteiger partial charge < -0.3 is 19.3 Å². The van der Waals surface area contributed by atoms with Gasteiger partial charge in [0.15, 0.2) is 0 Å². The molecular formula is C21H24O4. The molecule has 0 spiro atoms. The van der Waals surface area contributed by atoms with Gasteiger partial charge in [-0.25, -0.2) is 0 Å². The highest BCUT2D eigenvalue weighted by atomic mass is 16.5. The van der Waals surface area contributed by atoms with Crippen LogP contribution in [0.25, 0.3) is 0 Å². The van der Waals surface area contributed by atoms with Gasteiger partial charge in [0.05, 0.1) is 25.9 Å². The van der Waals surface area contributed by atoms with E-state index >= 15 is 0 Å². The van der Waals surface area contributed by atoms with E-state index in [1.807, 2.05) is 36.4 Å². The molecule has 2 heterocycles. The zero-order chi connectivity index (χ0) is 17.5. The van der Waals surface area contributed by atoms with Crippen molar-refractivity contribution in [3.8, 4) is 11.5 Å². The van der Waals surface area contributed by atoms with E-state index in [-0.39, 0.29) is 5.60 Å². The number of ether oxygens (including phenoxy) is 3. The smallest absolute Gasteiger partial charge is 0.120 e. The quantitative estimate of drug-likeness (QED) is 0.921. The highest BCUT2D eigenvalue weighted by Crippen LogP contribution is 2.58. The summed E-state index contributed by atoms with van der Waals surface area (Å²) >= 11 is 0. The number of methoxy groups -OCH3 is 2. The summed E-state index contributed by atoms with van der Waals surface area (Å²) in [5, 5.41) is 10.8. The van der Waals surface area contributed by atoms with Gasteiger partial charge in [-0.1, -0.05) is 24.3 Å². The third kappa shape index (κ3) is 2.52. The number of hydrogen-bond acceptors (Lipinski definition) is 4. The molecule has 2 aromatic carbocycles. The molecule has 2 aromatic rings. The van der Waals surface area contributed by atoms with Crippen molar-refractivity contribution in [1.29, 1.82) is 0 Å². The monoisotopic (exact) mass is 340 g/mol. The fourth-order valence-electron chi connectivity index (χ4n) is 4.36. The normalized spacial score (nSPS) is 30.9. The van der Waals surface area contributed by atoms with Crippen LogP contribution in [0.4, 0.5) is 0 Å². The Kier molecular flexibility index (Phi) is 3.97. The van der Waals surface area contributed by atoms with Crippen LogP contribution in [0, 0.1) is 0 Å². The summed E-state index contributed by atoms with van der Waals surface area (Å²) in [6, 6.07) is 16.0. The van der Waals surface area contributed by atoms with E-state index in [0.29, 0.717) is 0 Å². The fourth-order valence-corrected chi connectivity index (χ4v) is 4.36. The summed E-state index contributed by atoms with van der Waals surface area (Å²) in [4.78, 5) is 0. The average molecular weight is 340 g/mol. The van der Waals surface area contributed by atoms with Gasteiger partial charge in [0.25, 0.3) is 0 Å². The van der Waals surface area contributed by atoms with Crippen molar-refractivity contribution in [3.63, 3.8) is 0 Å². The van der Waals surface area contributed by atoms with E-state index in [2.05, 4.69) is 12.1 Å². The molecule has 0 radical (unpaired) electrons. The van der Waals surface area contributed by atoms with E-state index < -0.39 is 11.7 Å². The fraction of sp³-hybridized carbons (Fsp3) is 0.429. The Morgan fingerprint density at radius 2 is 1.40 bits per heavy atom. The highest BCUT2D eigenvalue weighted by Gasteiger charge is 2.58. The minimum Gasteiger partial charge on any atom is -0.497 e. The molecule has 1 N–H and O–H groups in total. The molecule has 4 rings (SSSR count). The Bertz CT molecular complexity index is 739. The minimum atomic E-state index is -0.634. The summed E-state index contributed by atoms with van der Waals surface area (Å²) in [5.41, 5.74) is 1.22. The molecular weight excluding hydrogens is 316 g/mol. The number of benzene rings is 2. The lowest BCUT2D eigenvalue weighted by Crippen LogP contribution is -2.46. The molecule has 4 heteroatoms. The van der Waals surface area contributed by atoms with Gasteiger partial charge in [-0.05, 0) is 61.1 Å². The molecule has 2 bridgehead atoms. The first-order valence-corrected chi connectivity index (χ1v) is 8.79. The third-order valence-corrected chi connectivity index (χ3v) is 5.83. The Labute approximate surface area is 148 Å². The van der Waals surface area contributed by atoms with E-state index in [0.717, 1.165) is 48.3 Å². The molecule has 3 atom stereocenters. The third-order valence-electron chi connectivity index (χ3n) is 5.83. The lowest BCUT2D eigenvalue weighted by molar-refractivity contribution is -0.203. The van der Waals surface area contributed by atoms with Crippen molar-refractivity contribution < 1.29 is 19.3 Å². The maximum Gasteiger partial charge on any atom is 0.120 e. The highest BCUT2D eigenvalue weighted by molar-refractivity contribution is 5.37. The standard InChI is InChI=1S/C21H24O4/c1-23-17-7-3-15(4-8-17)20-12-11-19(22)21(25-20,14-13-20)16-5-9-18(24-2)10-6-16/h3-10,19,22H,11-14H2,1-2H3/t19-,20+,21-/m0/s1. The first kappa shape index (κ1) is 16.4. The molecule has 0 unspecified atom stereocenters. The van der Waals surface area contributed by atoms with E-state index in [1.165, 1.54) is 0 Å². The molecule has 132 valence electrons. The predicted molar refractivity (Wildman–Crippen MR) is 94.9 cm³/mol. The second kappa shape index (κ2) is 6.04. The number of rotatable bonds is 4. The number of aliphatic hydroxyl groups is 1. The maximum atomic E-state index is 10.8. The summed E-state index contributed by atoms with van der Waals surface area (Å²) < 4.78 is 17.2. The molecule has 2 aliphatic rings. The number of hydrogen-bond donors (Lipinski definition) is 1. The summed E-state index contributed by atoms with van der Waals surface area (Å²) in [7, 11) is 3.33. The zero-order valence-corrected chi connectivity index (χ0v) is 14.7. The number of fused-ring (bicyclic) bond motifs is 2. The molecule has 0 aliphatic carbocycles. The molecule has 0 amide bonds. The zero-order valence-electron chi connectivity index (χ0n) is 14.7. The van der Waals surface area contributed by atoms with Gasteiger partial charge >= 0.3 is 0 Å². The van der Waals surface area contributed by atoms with E-state index in [9.17, 15) is 5.11 Å². The Morgan fingerprint density at radius 1 is 0.840 bits per heavy atom. The van der Waals surface area contributed by atoms with Crippen LogP contribution in [-0.4, -0.2) is 25.4 Å². The summed E-state index contributed by atoms with van der Waals surface area (Å²) in [5.74, 6) is 1.65. The Balaban J connectivity index is 1.69. The molecule has 0 aromatic heterocycles. The van der Waals surface area contributed by atoms with Gasteiger partial charge in [0.1, 0.15) is 17.1 Å². The molecule has 2 saturated heterocycles. The largest absolute Gasteiger partial charge is 0.497 e. The first-order valence-electron chi connectivity index (χ1n) is 8.79. The topological polar surface area (TPSA) is 47.9 Å². The van der Waals surface area contributed by atoms with Crippen molar-refractivity contribution in [2.45, 2.75) is 43.0 Å². The molecule has 2 aliphatic heterocycles. The predicted octanol–water partition coefficient (Wildman–Crippen LogP) is 3.76. The van der Waals surface area contributed by atoms with Crippen LogP contribution in [-0.2, 0) is 15.9 Å². The van der Waals surface area contributed by atoms with Gasteiger partial charge in [0, 0.05) is 0 Å². The van der Waals surface area contributed by atoms with Crippen LogP contribution in [0.3, 0.4) is 0 Å². The second-order valence-corrected chi connectivity index (χ2v) is 7.00. The van der Waals surface area contributed by atoms with E-state index in [1.54, 1.807) is 14.2 Å².